The minimum atomic E-state index is 0.275. The van der Waals surface area contributed by atoms with Crippen molar-refractivity contribution in [3.63, 3.8) is 0 Å². The van der Waals surface area contributed by atoms with Crippen LogP contribution >= 0.6 is 0 Å². The lowest BCUT2D eigenvalue weighted by molar-refractivity contribution is -0.132. The van der Waals surface area contributed by atoms with Gasteiger partial charge in [0.25, 0.3) is 0 Å². The van der Waals surface area contributed by atoms with Crippen molar-refractivity contribution in [2.24, 2.45) is 11.3 Å². The molecule has 0 bridgehead atoms. The summed E-state index contributed by atoms with van der Waals surface area (Å²) in [7, 11) is 1.92. The molecule has 0 radical (unpaired) electrons. The summed E-state index contributed by atoms with van der Waals surface area (Å²) >= 11 is 0. The molecule has 0 unspecified atom stereocenters. The fourth-order valence-corrected chi connectivity index (χ4v) is 3.24. The molecule has 5 nitrogen and oxygen atoms in total. The number of carbonyl (C=O) groups excluding carboxylic acids is 1. The van der Waals surface area contributed by atoms with Gasteiger partial charge in [0.2, 0.25) is 5.91 Å². The average molecular weight is 262 g/mol. The second-order valence-corrected chi connectivity index (χ2v) is 5.90. The summed E-state index contributed by atoms with van der Waals surface area (Å²) in [6.07, 6.45) is 7.13. The van der Waals surface area contributed by atoms with Crippen LogP contribution in [0.4, 0.5) is 0 Å². The summed E-state index contributed by atoms with van der Waals surface area (Å²) in [4.78, 5) is 14.3. The number of carbonyl (C=O) groups is 1. The molecule has 1 aliphatic heterocycles. The molecule has 2 fully saturated rings. The van der Waals surface area contributed by atoms with Crippen molar-refractivity contribution in [3.05, 3.63) is 18.5 Å². The Bertz CT molecular complexity index is 436. The minimum absolute atomic E-state index is 0.275. The predicted molar refractivity (Wildman–Crippen MR) is 72.5 cm³/mol. The van der Waals surface area contributed by atoms with Crippen LogP contribution in [-0.4, -0.2) is 47.3 Å². The van der Waals surface area contributed by atoms with E-state index in [1.807, 2.05) is 28.9 Å². The Labute approximate surface area is 114 Å². The van der Waals surface area contributed by atoms with Gasteiger partial charge in [-0.2, -0.15) is 5.10 Å². The van der Waals surface area contributed by atoms with Crippen LogP contribution in [0.25, 0.3) is 0 Å². The van der Waals surface area contributed by atoms with E-state index in [0.717, 1.165) is 45.4 Å². The predicted octanol–water partition coefficient (Wildman–Crippen LogP) is 0.731. The van der Waals surface area contributed by atoms with E-state index < -0.39 is 0 Å². The standard InChI is InChI=1S/C14H22N4O/c1-17(9-10-18-8-2-5-16-18)13(19)12-11-14(12)3-6-15-7-4-14/h2,5,8,12,15H,3-4,6-7,9-11H2,1H3/t12-/m0/s1. The molecule has 5 heteroatoms. The number of aromatic nitrogens is 2. The molecule has 1 saturated carbocycles. The molecule has 1 aromatic rings. The summed E-state index contributed by atoms with van der Waals surface area (Å²) in [5, 5.41) is 7.54. The van der Waals surface area contributed by atoms with Gasteiger partial charge < -0.3 is 10.2 Å². The number of piperidine rings is 1. The van der Waals surface area contributed by atoms with E-state index in [1.165, 1.54) is 0 Å². The fourth-order valence-electron chi connectivity index (χ4n) is 3.24. The first kappa shape index (κ1) is 12.7. The van der Waals surface area contributed by atoms with Crippen molar-refractivity contribution >= 4 is 5.91 Å². The summed E-state index contributed by atoms with van der Waals surface area (Å²) in [6.45, 7) is 3.66. The van der Waals surface area contributed by atoms with Gasteiger partial charge in [0, 0.05) is 31.9 Å². The van der Waals surface area contributed by atoms with Gasteiger partial charge in [-0.05, 0) is 43.8 Å². The van der Waals surface area contributed by atoms with Gasteiger partial charge in [0.05, 0.1) is 6.54 Å². The van der Waals surface area contributed by atoms with E-state index in [-0.39, 0.29) is 5.92 Å². The number of rotatable bonds is 4. The third kappa shape index (κ3) is 2.52. The van der Waals surface area contributed by atoms with Crippen LogP contribution in [0.1, 0.15) is 19.3 Å². The molecule has 1 aliphatic carbocycles. The monoisotopic (exact) mass is 262 g/mol. The molecule has 1 spiro atoms. The highest BCUT2D eigenvalue weighted by Gasteiger charge is 2.58. The van der Waals surface area contributed by atoms with Crippen molar-refractivity contribution in [3.8, 4) is 0 Å². The molecule has 1 saturated heterocycles. The lowest BCUT2D eigenvalue weighted by Crippen LogP contribution is -2.36. The lowest BCUT2D eigenvalue weighted by atomic mass is 9.91. The Hall–Kier alpha value is -1.36. The molecule has 1 N–H and O–H groups in total. The fraction of sp³-hybridized carbons (Fsp3) is 0.714. The second-order valence-electron chi connectivity index (χ2n) is 5.90. The van der Waals surface area contributed by atoms with E-state index >= 15 is 0 Å². The number of likely N-dealkylation sites (N-methyl/N-ethyl adjacent to an activating group) is 1. The Balaban J connectivity index is 1.50. The van der Waals surface area contributed by atoms with Crippen LogP contribution in [-0.2, 0) is 11.3 Å². The highest BCUT2D eigenvalue weighted by atomic mass is 16.2. The van der Waals surface area contributed by atoms with Crippen molar-refractivity contribution in [1.29, 1.82) is 0 Å². The molecular formula is C14H22N4O. The molecule has 2 aliphatic rings. The van der Waals surface area contributed by atoms with Gasteiger partial charge >= 0.3 is 0 Å². The van der Waals surface area contributed by atoms with Crippen molar-refractivity contribution < 1.29 is 4.79 Å². The van der Waals surface area contributed by atoms with E-state index in [1.54, 1.807) is 6.20 Å². The first-order valence-electron chi connectivity index (χ1n) is 7.14. The zero-order chi connectivity index (χ0) is 13.3. The molecule has 1 aromatic heterocycles. The quantitative estimate of drug-likeness (QED) is 0.870. The number of nitrogens with one attached hydrogen (secondary N) is 1. The van der Waals surface area contributed by atoms with Crippen molar-refractivity contribution in [2.45, 2.75) is 25.8 Å². The van der Waals surface area contributed by atoms with E-state index in [2.05, 4.69) is 10.4 Å². The van der Waals surface area contributed by atoms with Crippen LogP contribution < -0.4 is 5.32 Å². The van der Waals surface area contributed by atoms with Crippen molar-refractivity contribution in [1.82, 2.24) is 20.0 Å². The van der Waals surface area contributed by atoms with E-state index in [9.17, 15) is 4.79 Å². The van der Waals surface area contributed by atoms with E-state index in [0.29, 0.717) is 11.3 Å². The van der Waals surface area contributed by atoms with Gasteiger partial charge in [0.15, 0.2) is 0 Å². The zero-order valence-corrected chi connectivity index (χ0v) is 11.5. The molecular weight excluding hydrogens is 240 g/mol. The average Bonchev–Trinajstić information content (AvgIpc) is 2.90. The Morgan fingerprint density at radius 3 is 3.00 bits per heavy atom. The maximum atomic E-state index is 12.4. The molecule has 2 heterocycles. The van der Waals surface area contributed by atoms with Gasteiger partial charge in [0.1, 0.15) is 0 Å². The highest BCUT2D eigenvalue weighted by molar-refractivity contribution is 5.82. The SMILES string of the molecule is CN(CCn1cccn1)C(=O)[C@@H]1CC12CCNCC2. The van der Waals surface area contributed by atoms with Gasteiger partial charge in [-0.25, -0.2) is 0 Å². The summed E-state index contributed by atoms with van der Waals surface area (Å²) in [5.74, 6) is 0.603. The molecule has 104 valence electrons. The smallest absolute Gasteiger partial charge is 0.226 e. The number of hydrogen-bond acceptors (Lipinski definition) is 3. The van der Waals surface area contributed by atoms with Crippen LogP contribution in [0, 0.1) is 11.3 Å². The summed E-state index contributed by atoms with van der Waals surface area (Å²) in [5.41, 5.74) is 0.336. The molecule has 0 aromatic carbocycles. The number of hydrogen-bond donors (Lipinski definition) is 1. The third-order valence-corrected chi connectivity index (χ3v) is 4.69. The Morgan fingerprint density at radius 2 is 2.32 bits per heavy atom. The molecule has 3 rings (SSSR count). The largest absolute Gasteiger partial charge is 0.344 e. The Morgan fingerprint density at radius 1 is 1.53 bits per heavy atom. The first-order chi connectivity index (χ1) is 9.21. The van der Waals surface area contributed by atoms with Crippen LogP contribution in [0.3, 0.4) is 0 Å². The van der Waals surface area contributed by atoms with Crippen molar-refractivity contribution in [2.75, 3.05) is 26.7 Å². The minimum Gasteiger partial charge on any atom is -0.344 e. The highest BCUT2D eigenvalue weighted by Crippen LogP contribution is 2.59. The Kier molecular flexibility index (Phi) is 3.31. The maximum Gasteiger partial charge on any atom is 0.226 e. The molecule has 1 amide bonds. The molecule has 1 atom stereocenters. The number of amides is 1. The maximum absolute atomic E-state index is 12.4. The lowest BCUT2D eigenvalue weighted by Gasteiger charge is -2.25. The van der Waals surface area contributed by atoms with Gasteiger partial charge in [-0.1, -0.05) is 0 Å². The molecule has 19 heavy (non-hydrogen) atoms. The van der Waals surface area contributed by atoms with E-state index in [4.69, 9.17) is 0 Å². The topological polar surface area (TPSA) is 50.2 Å². The van der Waals surface area contributed by atoms with Gasteiger partial charge in [-0.15, -0.1) is 0 Å². The van der Waals surface area contributed by atoms with Crippen LogP contribution in [0.5, 0.6) is 0 Å². The van der Waals surface area contributed by atoms with Crippen LogP contribution in [0.2, 0.25) is 0 Å². The van der Waals surface area contributed by atoms with Gasteiger partial charge in [-0.3, -0.25) is 9.48 Å². The number of nitrogens with zero attached hydrogens (tertiary/aromatic N) is 3. The zero-order valence-electron chi connectivity index (χ0n) is 11.5. The second kappa shape index (κ2) is 4.96. The summed E-state index contributed by atoms with van der Waals surface area (Å²) < 4.78 is 1.87. The normalized spacial score (nSPS) is 24.4. The van der Waals surface area contributed by atoms with Crippen LogP contribution in [0.15, 0.2) is 18.5 Å². The third-order valence-electron chi connectivity index (χ3n) is 4.69. The summed E-state index contributed by atoms with van der Waals surface area (Å²) in [6, 6.07) is 1.91. The first-order valence-corrected chi connectivity index (χ1v) is 7.14.